The van der Waals surface area contributed by atoms with Crippen LogP contribution in [0.15, 0.2) is 53.6 Å². The van der Waals surface area contributed by atoms with Crippen molar-refractivity contribution >= 4 is 66.0 Å². The van der Waals surface area contributed by atoms with Crippen LogP contribution in [0.2, 0.25) is 0 Å². The molecule has 13 heteroatoms. The van der Waals surface area contributed by atoms with E-state index >= 15 is 0 Å². The summed E-state index contributed by atoms with van der Waals surface area (Å²) in [7, 11) is -3.85. The second-order valence-electron chi connectivity index (χ2n) is 10.6. The van der Waals surface area contributed by atoms with Crippen LogP contribution in [0.25, 0.3) is 21.0 Å². The number of alkyl carbamates (subject to hydrolysis) is 1. The van der Waals surface area contributed by atoms with Gasteiger partial charge in [-0.25, -0.2) is 28.3 Å². The number of sulfonamides is 1. The van der Waals surface area contributed by atoms with Crippen molar-refractivity contribution in [1.82, 2.24) is 20.2 Å². The van der Waals surface area contributed by atoms with Crippen molar-refractivity contribution in [2.75, 3.05) is 18.4 Å². The number of nitrogens with zero attached hydrogens (tertiary/aromatic N) is 3. The number of hydrogen-bond donors (Lipinski definition) is 3. The van der Waals surface area contributed by atoms with Crippen LogP contribution in [0.1, 0.15) is 43.3 Å². The number of nitrogens with one attached hydrogen (secondary N) is 2. The van der Waals surface area contributed by atoms with Crippen molar-refractivity contribution < 1.29 is 22.7 Å². The number of ether oxygens (including phenoxy) is 1. The van der Waals surface area contributed by atoms with Crippen LogP contribution in [0.5, 0.6) is 0 Å². The zero-order valence-electron chi connectivity index (χ0n) is 22.3. The third-order valence-electron chi connectivity index (χ3n) is 6.38. The molecule has 11 nitrogen and oxygen atoms in total. The maximum atomic E-state index is 13.4. The van der Waals surface area contributed by atoms with Gasteiger partial charge in [0.05, 0.1) is 15.3 Å². The molecule has 3 heterocycles. The van der Waals surface area contributed by atoms with Crippen LogP contribution in [0.4, 0.5) is 16.4 Å². The Hall–Kier alpha value is -3.81. The third-order valence-corrected chi connectivity index (χ3v) is 8.38. The van der Waals surface area contributed by atoms with Crippen molar-refractivity contribution in [2.24, 2.45) is 5.14 Å². The van der Waals surface area contributed by atoms with Gasteiger partial charge in [0.15, 0.2) is 0 Å². The Labute approximate surface area is 235 Å². The lowest BCUT2D eigenvalue weighted by atomic mass is 10.0. The number of rotatable bonds is 5. The van der Waals surface area contributed by atoms with E-state index in [1.54, 1.807) is 23.2 Å². The molecule has 2 aromatic heterocycles. The van der Waals surface area contributed by atoms with E-state index in [1.807, 2.05) is 39.0 Å². The minimum atomic E-state index is -3.85. The number of primary sulfonamides is 1. The topological polar surface area (TPSA) is 157 Å². The molecule has 4 aromatic rings. The van der Waals surface area contributed by atoms with E-state index in [2.05, 4.69) is 20.6 Å². The summed E-state index contributed by atoms with van der Waals surface area (Å²) in [6, 6.07) is 11.8. The van der Waals surface area contributed by atoms with Crippen LogP contribution < -0.4 is 15.8 Å². The summed E-state index contributed by atoms with van der Waals surface area (Å²) >= 11 is 1.40. The van der Waals surface area contributed by atoms with Gasteiger partial charge in [-0.05, 0) is 70.0 Å². The molecule has 1 aliphatic heterocycles. The molecule has 5 rings (SSSR count). The molecule has 0 bridgehead atoms. The average Bonchev–Trinajstić information content (AvgIpc) is 3.32. The fraction of sp³-hybridized carbons (Fsp3) is 0.333. The van der Waals surface area contributed by atoms with Gasteiger partial charge >= 0.3 is 6.09 Å². The van der Waals surface area contributed by atoms with Gasteiger partial charge < -0.3 is 20.3 Å². The Morgan fingerprint density at radius 1 is 1.12 bits per heavy atom. The molecule has 0 atom stereocenters. The first-order chi connectivity index (χ1) is 18.9. The number of thiophene rings is 1. The molecule has 4 N–H and O–H groups in total. The van der Waals surface area contributed by atoms with Crippen LogP contribution in [-0.2, 0) is 14.8 Å². The summed E-state index contributed by atoms with van der Waals surface area (Å²) in [4.78, 5) is 36.9. The number of nitrogens with two attached hydrogens (primary N) is 1. The number of fused-ring (bicyclic) bond motifs is 3. The van der Waals surface area contributed by atoms with Gasteiger partial charge in [-0.3, -0.25) is 4.79 Å². The minimum absolute atomic E-state index is 0.0219. The van der Waals surface area contributed by atoms with Crippen molar-refractivity contribution in [3.05, 3.63) is 53.5 Å². The van der Waals surface area contributed by atoms with Crippen LogP contribution in [0, 0.1) is 0 Å². The number of anilines is 2. The zero-order valence-corrected chi connectivity index (χ0v) is 23.9. The molecular formula is C27H30N6O5S2. The molecule has 2 aromatic carbocycles. The van der Waals surface area contributed by atoms with Gasteiger partial charge in [0.2, 0.25) is 16.0 Å². The van der Waals surface area contributed by atoms with Gasteiger partial charge in [-0.15, -0.1) is 11.3 Å². The lowest BCUT2D eigenvalue weighted by Gasteiger charge is -2.32. The Morgan fingerprint density at radius 3 is 2.58 bits per heavy atom. The van der Waals surface area contributed by atoms with Gasteiger partial charge in [-0.1, -0.05) is 6.07 Å². The highest BCUT2D eigenvalue weighted by atomic mass is 32.2. The number of carbonyl (C=O) groups excluding carboxylic acids is 2. The first-order valence-electron chi connectivity index (χ1n) is 12.7. The van der Waals surface area contributed by atoms with E-state index in [0.717, 1.165) is 15.5 Å². The molecule has 0 radical (unpaired) electrons. The number of aromatic nitrogens is 2. The largest absolute Gasteiger partial charge is 0.444 e. The Kier molecular flexibility index (Phi) is 7.38. The van der Waals surface area contributed by atoms with E-state index in [9.17, 15) is 18.0 Å². The Morgan fingerprint density at radius 2 is 1.88 bits per heavy atom. The molecule has 210 valence electrons. The van der Waals surface area contributed by atoms with Crippen LogP contribution >= 0.6 is 11.3 Å². The van der Waals surface area contributed by atoms with Crippen molar-refractivity contribution in [3.63, 3.8) is 0 Å². The lowest BCUT2D eigenvalue weighted by molar-refractivity contribution is 0.0474. The summed E-state index contributed by atoms with van der Waals surface area (Å²) < 4.78 is 29.7. The standard InChI is InChI=1S/C27H30N6O5S2/c1-27(2,3)38-26(35)31-17-9-11-33(12-10-17)24(34)22-14-20-21(39-22)8-7-16-15-29-25(32-23(16)20)30-18-5-4-6-19(13-18)40(28,36)37/h4-8,13-15,17H,9-12H2,1-3H3,(H,31,35)(H2,28,36,37)(H,29,30,32). The second kappa shape index (κ2) is 10.6. The first-order valence-corrected chi connectivity index (χ1v) is 15.1. The number of piperidine rings is 1. The van der Waals surface area contributed by atoms with Gasteiger partial charge in [0.1, 0.15) is 5.60 Å². The number of likely N-dealkylation sites (tertiary alicyclic amines) is 1. The molecule has 1 saturated heterocycles. The predicted octanol–water partition coefficient (Wildman–Crippen LogP) is 4.36. The lowest BCUT2D eigenvalue weighted by Crippen LogP contribution is -2.47. The van der Waals surface area contributed by atoms with Crippen molar-refractivity contribution in [1.29, 1.82) is 0 Å². The molecule has 2 amide bonds. The number of carbonyl (C=O) groups is 2. The number of amides is 2. The number of benzene rings is 2. The normalized spacial score (nSPS) is 14.8. The summed E-state index contributed by atoms with van der Waals surface area (Å²) in [5, 5.41) is 12.8. The van der Waals surface area contributed by atoms with Gasteiger partial charge in [0, 0.05) is 46.5 Å². The zero-order chi connectivity index (χ0) is 28.7. The molecular weight excluding hydrogens is 552 g/mol. The first kappa shape index (κ1) is 27.7. The quantitative estimate of drug-likeness (QED) is 0.313. The molecule has 0 aliphatic carbocycles. The maximum absolute atomic E-state index is 13.4. The number of hydrogen-bond acceptors (Lipinski definition) is 9. The van der Waals surface area contributed by atoms with Gasteiger partial charge in [-0.2, -0.15) is 0 Å². The molecule has 0 saturated carbocycles. The van der Waals surface area contributed by atoms with Crippen molar-refractivity contribution in [3.8, 4) is 0 Å². The average molecular weight is 583 g/mol. The Balaban J connectivity index is 1.32. The van der Waals surface area contributed by atoms with E-state index in [1.165, 1.54) is 23.5 Å². The SMILES string of the molecule is CC(C)(C)OC(=O)NC1CCN(C(=O)c2cc3c(ccc4cnc(Nc5cccc(S(N)(=O)=O)c5)nc43)s2)CC1. The Bertz CT molecular complexity index is 1710. The minimum Gasteiger partial charge on any atom is -0.444 e. The van der Waals surface area contributed by atoms with Gasteiger partial charge in [0.25, 0.3) is 5.91 Å². The predicted molar refractivity (Wildman–Crippen MR) is 154 cm³/mol. The monoisotopic (exact) mass is 582 g/mol. The second-order valence-corrected chi connectivity index (χ2v) is 13.3. The smallest absolute Gasteiger partial charge is 0.407 e. The third kappa shape index (κ3) is 6.32. The fourth-order valence-corrected chi connectivity index (χ4v) is 6.10. The highest BCUT2D eigenvalue weighted by molar-refractivity contribution is 7.89. The maximum Gasteiger partial charge on any atom is 0.407 e. The molecule has 1 aliphatic rings. The van der Waals surface area contributed by atoms with E-state index in [-0.39, 0.29) is 22.8 Å². The highest BCUT2D eigenvalue weighted by Gasteiger charge is 2.27. The highest BCUT2D eigenvalue weighted by Crippen LogP contribution is 2.33. The summed E-state index contributed by atoms with van der Waals surface area (Å²) in [5.41, 5.74) is 0.587. The van der Waals surface area contributed by atoms with E-state index in [0.29, 0.717) is 42.0 Å². The van der Waals surface area contributed by atoms with E-state index in [4.69, 9.17) is 9.88 Å². The molecule has 1 fully saturated rings. The van der Waals surface area contributed by atoms with Crippen LogP contribution in [-0.4, -0.2) is 60.0 Å². The van der Waals surface area contributed by atoms with E-state index < -0.39 is 21.7 Å². The fourth-order valence-electron chi connectivity index (χ4n) is 4.51. The van der Waals surface area contributed by atoms with Crippen LogP contribution in [0.3, 0.4) is 0 Å². The van der Waals surface area contributed by atoms with Crippen molar-refractivity contribution in [2.45, 2.75) is 50.2 Å². The molecule has 0 unspecified atom stereocenters. The summed E-state index contributed by atoms with van der Waals surface area (Å²) in [5.74, 6) is 0.225. The molecule has 40 heavy (non-hydrogen) atoms. The molecule has 0 spiro atoms. The summed E-state index contributed by atoms with van der Waals surface area (Å²) in [6.07, 6.45) is 2.53. The summed E-state index contributed by atoms with van der Waals surface area (Å²) in [6.45, 7) is 6.52.